The zero-order chi connectivity index (χ0) is 13.6. The summed E-state index contributed by atoms with van der Waals surface area (Å²) in [5.74, 6) is 0.366. The molecule has 0 spiro atoms. The van der Waals surface area contributed by atoms with E-state index in [0.717, 1.165) is 19.5 Å². The van der Waals surface area contributed by atoms with Gasteiger partial charge in [-0.05, 0) is 55.3 Å². The third-order valence-electron chi connectivity index (χ3n) is 4.36. The van der Waals surface area contributed by atoms with Crippen LogP contribution in [0.3, 0.4) is 0 Å². The number of hydrogen-bond acceptors (Lipinski definition) is 2. The van der Waals surface area contributed by atoms with Gasteiger partial charge in [0.15, 0.2) is 0 Å². The number of rotatable bonds is 6. The number of nitrogens with one attached hydrogen (secondary N) is 1. The lowest BCUT2D eigenvalue weighted by Crippen LogP contribution is -2.38. The first-order chi connectivity index (χ1) is 9.24. The maximum Gasteiger partial charge on any atom is 0.115 e. The lowest BCUT2D eigenvalue weighted by atomic mass is 9.70. The molecule has 1 aliphatic carbocycles. The fourth-order valence-electron chi connectivity index (χ4n) is 3.29. The van der Waals surface area contributed by atoms with Crippen molar-refractivity contribution in [3.05, 3.63) is 29.8 Å². The van der Waals surface area contributed by atoms with Crippen molar-refractivity contribution in [1.29, 1.82) is 0 Å². The second-order valence-electron chi connectivity index (χ2n) is 6.08. The minimum absolute atomic E-state index is 0.366. The molecule has 1 aromatic carbocycles. The molecule has 2 rings (SSSR count). The summed E-state index contributed by atoms with van der Waals surface area (Å²) in [6.07, 6.45) is 9.15. The SMILES string of the molecule is CCCNCC1(Cc2ccc(O)cc2)CCCCC1. The normalized spacial score (nSPS) is 18.4. The molecule has 1 fully saturated rings. The lowest BCUT2D eigenvalue weighted by molar-refractivity contribution is 0.181. The summed E-state index contributed by atoms with van der Waals surface area (Å²) in [4.78, 5) is 0. The van der Waals surface area contributed by atoms with Crippen molar-refractivity contribution < 1.29 is 5.11 Å². The molecule has 106 valence electrons. The van der Waals surface area contributed by atoms with E-state index in [2.05, 4.69) is 24.4 Å². The molecule has 19 heavy (non-hydrogen) atoms. The van der Waals surface area contributed by atoms with Crippen LogP contribution in [0.1, 0.15) is 51.0 Å². The van der Waals surface area contributed by atoms with Gasteiger partial charge in [-0.1, -0.05) is 38.3 Å². The Morgan fingerprint density at radius 2 is 1.79 bits per heavy atom. The maximum absolute atomic E-state index is 9.39. The average molecular weight is 261 g/mol. The molecule has 2 heteroatoms. The number of aromatic hydroxyl groups is 1. The first-order valence-corrected chi connectivity index (χ1v) is 7.73. The van der Waals surface area contributed by atoms with Crippen LogP contribution in [0.5, 0.6) is 5.75 Å². The Labute approximate surface area is 117 Å². The monoisotopic (exact) mass is 261 g/mol. The summed E-state index contributed by atoms with van der Waals surface area (Å²) in [6, 6.07) is 7.77. The van der Waals surface area contributed by atoms with E-state index in [1.807, 2.05) is 12.1 Å². The van der Waals surface area contributed by atoms with Crippen LogP contribution in [-0.4, -0.2) is 18.2 Å². The van der Waals surface area contributed by atoms with Crippen molar-refractivity contribution in [3.63, 3.8) is 0 Å². The summed E-state index contributed by atoms with van der Waals surface area (Å²) >= 11 is 0. The molecule has 0 aliphatic heterocycles. The summed E-state index contributed by atoms with van der Waals surface area (Å²) in [5, 5.41) is 13.0. The van der Waals surface area contributed by atoms with Crippen molar-refractivity contribution in [2.75, 3.05) is 13.1 Å². The first kappa shape index (κ1) is 14.4. The third kappa shape index (κ3) is 4.24. The van der Waals surface area contributed by atoms with Gasteiger partial charge in [0.05, 0.1) is 0 Å². The largest absolute Gasteiger partial charge is 0.508 e. The molecule has 0 aromatic heterocycles. The van der Waals surface area contributed by atoms with Crippen LogP contribution in [0.4, 0.5) is 0 Å². The number of benzene rings is 1. The highest BCUT2D eigenvalue weighted by atomic mass is 16.3. The molecule has 1 aromatic rings. The summed E-state index contributed by atoms with van der Waals surface area (Å²) in [7, 11) is 0. The average Bonchev–Trinajstić information content (AvgIpc) is 2.43. The molecule has 0 heterocycles. The van der Waals surface area contributed by atoms with Gasteiger partial charge in [0, 0.05) is 6.54 Å². The van der Waals surface area contributed by atoms with E-state index in [9.17, 15) is 5.11 Å². The van der Waals surface area contributed by atoms with Crippen molar-refractivity contribution in [2.24, 2.45) is 5.41 Å². The molecule has 2 N–H and O–H groups in total. The van der Waals surface area contributed by atoms with E-state index < -0.39 is 0 Å². The predicted octanol–water partition coefficient (Wildman–Crippen LogP) is 3.88. The molecule has 0 bridgehead atoms. The van der Waals surface area contributed by atoms with Crippen LogP contribution >= 0.6 is 0 Å². The molecule has 0 saturated heterocycles. The molecule has 1 aliphatic rings. The van der Waals surface area contributed by atoms with E-state index in [1.165, 1.54) is 44.1 Å². The highest BCUT2D eigenvalue weighted by Gasteiger charge is 2.31. The smallest absolute Gasteiger partial charge is 0.115 e. The van der Waals surface area contributed by atoms with Crippen LogP contribution in [0.25, 0.3) is 0 Å². The van der Waals surface area contributed by atoms with Crippen molar-refractivity contribution in [3.8, 4) is 5.75 Å². The summed E-state index contributed by atoms with van der Waals surface area (Å²) in [5.41, 5.74) is 1.79. The van der Waals surface area contributed by atoms with Gasteiger partial charge in [-0.15, -0.1) is 0 Å². The van der Waals surface area contributed by atoms with Crippen LogP contribution in [0.15, 0.2) is 24.3 Å². The Balaban J connectivity index is 2.01. The molecular formula is C17H27NO. The molecule has 2 nitrogen and oxygen atoms in total. The molecule has 0 unspecified atom stereocenters. The Morgan fingerprint density at radius 1 is 1.11 bits per heavy atom. The lowest BCUT2D eigenvalue weighted by Gasteiger charge is -2.38. The standard InChI is InChI=1S/C17H27NO/c1-2-12-18-14-17(10-4-3-5-11-17)13-15-6-8-16(19)9-7-15/h6-9,18-19H,2-5,10-14H2,1H3. The van der Waals surface area contributed by atoms with Gasteiger partial charge in [-0.25, -0.2) is 0 Å². The first-order valence-electron chi connectivity index (χ1n) is 7.73. The van der Waals surface area contributed by atoms with Crippen molar-refractivity contribution in [2.45, 2.75) is 51.9 Å². The predicted molar refractivity (Wildman–Crippen MR) is 80.5 cm³/mol. The zero-order valence-electron chi connectivity index (χ0n) is 12.1. The second-order valence-corrected chi connectivity index (χ2v) is 6.08. The quantitative estimate of drug-likeness (QED) is 0.762. The molecule has 0 amide bonds. The minimum Gasteiger partial charge on any atom is -0.508 e. The van der Waals surface area contributed by atoms with Gasteiger partial charge >= 0.3 is 0 Å². The highest BCUT2D eigenvalue weighted by molar-refractivity contribution is 5.26. The van der Waals surface area contributed by atoms with Gasteiger partial charge in [0.25, 0.3) is 0 Å². The van der Waals surface area contributed by atoms with Crippen LogP contribution < -0.4 is 5.32 Å². The highest BCUT2D eigenvalue weighted by Crippen LogP contribution is 2.39. The Kier molecular flexibility index (Phi) is 5.26. The Hall–Kier alpha value is -1.02. The van der Waals surface area contributed by atoms with E-state index in [4.69, 9.17) is 0 Å². The summed E-state index contributed by atoms with van der Waals surface area (Å²) < 4.78 is 0. The molecule has 0 atom stereocenters. The van der Waals surface area contributed by atoms with E-state index in [-0.39, 0.29) is 0 Å². The zero-order valence-corrected chi connectivity index (χ0v) is 12.1. The minimum atomic E-state index is 0.366. The van der Waals surface area contributed by atoms with E-state index in [1.54, 1.807) is 0 Å². The molecule has 1 saturated carbocycles. The summed E-state index contributed by atoms with van der Waals surface area (Å²) in [6.45, 7) is 4.49. The van der Waals surface area contributed by atoms with Gasteiger partial charge in [-0.2, -0.15) is 0 Å². The number of phenols is 1. The van der Waals surface area contributed by atoms with Crippen LogP contribution in [0.2, 0.25) is 0 Å². The molecule has 0 radical (unpaired) electrons. The Morgan fingerprint density at radius 3 is 2.42 bits per heavy atom. The fraction of sp³-hybridized carbons (Fsp3) is 0.647. The van der Waals surface area contributed by atoms with Gasteiger partial charge < -0.3 is 10.4 Å². The van der Waals surface area contributed by atoms with Gasteiger partial charge in [-0.3, -0.25) is 0 Å². The van der Waals surface area contributed by atoms with Gasteiger partial charge in [0.2, 0.25) is 0 Å². The number of phenolic OH excluding ortho intramolecular Hbond substituents is 1. The van der Waals surface area contributed by atoms with Crippen molar-refractivity contribution in [1.82, 2.24) is 5.32 Å². The van der Waals surface area contributed by atoms with Gasteiger partial charge in [0.1, 0.15) is 5.75 Å². The third-order valence-corrected chi connectivity index (χ3v) is 4.36. The topological polar surface area (TPSA) is 32.3 Å². The van der Waals surface area contributed by atoms with Crippen LogP contribution in [-0.2, 0) is 6.42 Å². The van der Waals surface area contributed by atoms with E-state index in [0.29, 0.717) is 11.2 Å². The Bertz CT molecular complexity index is 365. The van der Waals surface area contributed by atoms with Crippen LogP contribution in [0, 0.1) is 5.41 Å². The maximum atomic E-state index is 9.39. The molecular weight excluding hydrogens is 234 g/mol. The van der Waals surface area contributed by atoms with Crippen molar-refractivity contribution >= 4 is 0 Å². The fourth-order valence-corrected chi connectivity index (χ4v) is 3.29. The van der Waals surface area contributed by atoms with E-state index >= 15 is 0 Å². The second kappa shape index (κ2) is 6.95. The number of hydrogen-bond donors (Lipinski definition) is 2.